The first-order valence-electron chi connectivity index (χ1n) is 8.21. The summed E-state index contributed by atoms with van der Waals surface area (Å²) in [5.74, 6) is 0.996. The van der Waals surface area contributed by atoms with Crippen LogP contribution >= 0.6 is 0 Å². The molecule has 1 atom stereocenters. The standard InChI is InChI=1S/C18H17FN6O2/c1-10-8-15(23-22-10)20-17-13-4-3-7-25(13)24-18(21-17)16(26)12-9-11(19)5-6-14(12)27-2/h3-9,16,26H,1-2H3,(H2,20,21,22,23,24). The van der Waals surface area contributed by atoms with Crippen molar-refractivity contribution in [3.8, 4) is 5.75 Å². The highest BCUT2D eigenvalue weighted by Gasteiger charge is 2.21. The first-order valence-corrected chi connectivity index (χ1v) is 8.21. The Bertz CT molecular complexity index is 1110. The van der Waals surface area contributed by atoms with Crippen LogP contribution < -0.4 is 10.1 Å². The number of halogens is 1. The number of rotatable bonds is 5. The number of H-pyrrole nitrogens is 1. The van der Waals surface area contributed by atoms with E-state index in [1.54, 1.807) is 10.7 Å². The first-order chi connectivity index (χ1) is 13.0. The van der Waals surface area contributed by atoms with Gasteiger partial charge in [0.1, 0.15) is 23.2 Å². The van der Waals surface area contributed by atoms with Crippen LogP contribution in [-0.4, -0.2) is 37.0 Å². The van der Waals surface area contributed by atoms with E-state index < -0.39 is 11.9 Å². The van der Waals surface area contributed by atoms with E-state index in [0.717, 1.165) is 5.69 Å². The highest BCUT2D eigenvalue weighted by atomic mass is 19.1. The van der Waals surface area contributed by atoms with E-state index in [1.165, 1.54) is 25.3 Å². The zero-order chi connectivity index (χ0) is 19.0. The number of methoxy groups -OCH3 is 1. The molecule has 9 heteroatoms. The van der Waals surface area contributed by atoms with Gasteiger partial charge in [-0.15, -0.1) is 5.10 Å². The van der Waals surface area contributed by atoms with Crippen molar-refractivity contribution < 1.29 is 14.2 Å². The molecule has 4 rings (SSSR count). The predicted molar refractivity (Wildman–Crippen MR) is 96.6 cm³/mol. The second-order valence-corrected chi connectivity index (χ2v) is 6.01. The van der Waals surface area contributed by atoms with E-state index >= 15 is 0 Å². The Morgan fingerprint density at radius 2 is 2.15 bits per heavy atom. The normalized spacial score (nSPS) is 12.3. The van der Waals surface area contributed by atoms with Crippen LogP contribution in [0.4, 0.5) is 16.0 Å². The summed E-state index contributed by atoms with van der Waals surface area (Å²) < 4.78 is 20.5. The Balaban J connectivity index is 1.79. The molecule has 0 aliphatic rings. The number of aliphatic hydroxyl groups is 1. The lowest BCUT2D eigenvalue weighted by Gasteiger charge is -2.15. The molecule has 0 saturated carbocycles. The minimum Gasteiger partial charge on any atom is -0.496 e. The minimum absolute atomic E-state index is 0.0948. The van der Waals surface area contributed by atoms with Crippen molar-refractivity contribution in [2.24, 2.45) is 0 Å². The van der Waals surface area contributed by atoms with Crippen molar-refractivity contribution in [2.75, 3.05) is 12.4 Å². The Morgan fingerprint density at radius 3 is 2.89 bits per heavy atom. The molecule has 0 bridgehead atoms. The molecule has 4 aromatic rings. The molecule has 0 saturated heterocycles. The molecule has 1 unspecified atom stereocenters. The van der Waals surface area contributed by atoms with Gasteiger partial charge in [0.25, 0.3) is 0 Å². The summed E-state index contributed by atoms with van der Waals surface area (Å²) in [6.07, 6.45) is 0.459. The summed E-state index contributed by atoms with van der Waals surface area (Å²) in [5.41, 5.74) is 1.84. The summed E-state index contributed by atoms with van der Waals surface area (Å²) in [7, 11) is 1.45. The van der Waals surface area contributed by atoms with Crippen LogP contribution in [-0.2, 0) is 0 Å². The van der Waals surface area contributed by atoms with Crippen LogP contribution in [0.3, 0.4) is 0 Å². The van der Waals surface area contributed by atoms with Gasteiger partial charge in [0.15, 0.2) is 17.5 Å². The zero-order valence-corrected chi connectivity index (χ0v) is 14.6. The lowest BCUT2D eigenvalue weighted by molar-refractivity contribution is 0.202. The maximum absolute atomic E-state index is 13.7. The maximum Gasteiger partial charge on any atom is 0.184 e. The third-order valence-electron chi connectivity index (χ3n) is 4.09. The van der Waals surface area contributed by atoms with Gasteiger partial charge in [0, 0.05) is 23.5 Å². The second-order valence-electron chi connectivity index (χ2n) is 6.01. The molecule has 0 aliphatic heterocycles. The summed E-state index contributed by atoms with van der Waals surface area (Å²) in [4.78, 5) is 4.43. The van der Waals surface area contributed by atoms with Crippen LogP contribution in [0.5, 0.6) is 5.75 Å². The molecule has 0 aliphatic carbocycles. The van der Waals surface area contributed by atoms with Crippen LogP contribution in [0, 0.1) is 12.7 Å². The number of hydrogen-bond donors (Lipinski definition) is 3. The number of fused-ring (bicyclic) bond motifs is 1. The molecule has 0 fully saturated rings. The Morgan fingerprint density at radius 1 is 1.30 bits per heavy atom. The van der Waals surface area contributed by atoms with Crippen LogP contribution in [0.2, 0.25) is 0 Å². The van der Waals surface area contributed by atoms with Crippen LogP contribution in [0.15, 0.2) is 42.6 Å². The second kappa shape index (κ2) is 6.69. The Kier molecular flexibility index (Phi) is 4.21. The van der Waals surface area contributed by atoms with Gasteiger partial charge in [-0.2, -0.15) is 5.10 Å². The first kappa shape index (κ1) is 17.0. The number of aromatic amines is 1. The van der Waals surface area contributed by atoms with E-state index in [9.17, 15) is 9.50 Å². The van der Waals surface area contributed by atoms with Gasteiger partial charge < -0.3 is 15.2 Å². The lowest BCUT2D eigenvalue weighted by atomic mass is 10.1. The zero-order valence-electron chi connectivity index (χ0n) is 14.6. The van der Waals surface area contributed by atoms with Gasteiger partial charge in [0.2, 0.25) is 0 Å². The molecule has 3 aromatic heterocycles. The topological polar surface area (TPSA) is 100 Å². The molecule has 0 spiro atoms. The van der Waals surface area contributed by atoms with Crippen molar-refractivity contribution in [1.82, 2.24) is 24.8 Å². The van der Waals surface area contributed by atoms with Gasteiger partial charge in [-0.25, -0.2) is 13.9 Å². The van der Waals surface area contributed by atoms with Crippen molar-refractivity contribution in [2.45, 2.75) is 13.0 Å². The summed E-state index contributed by atoms with van der Waals surface area (Å²) >= 11 is 0. The smallest absolute Gasteiger partial charge is 0.184 e. The molecule has 3 heterocycles. The molecule has 1 aromatic carbocycles. The van der Waals surface area contributed by atoms with Crippen molar-refractivity contribution in [1.29, 1.82) is 0 Å². The minimum atomic E-state index is -1.27. The average Bonchev–Trinajstić information content (AvgIpc) is 3.29. The number of aliphatic hydroxyl groups excluding tert-OH is 1. The lowest BCUT2D eigenvalue weighted by Crippen LogP contribution is -2.12. The van der Waals surface area contributed by atoms with Crippen molar-refractivity contribution >= 4 is 17.2 Å². The molecule has 0 radical (unpaired) electrons. The molecule has 3 N–H and O–H groups in total. The molecule has 138 valence electrons. The van der Waals surface area contributed by atoms with Gasteiger partial charge >= 0.3 is 0 Å². The third-order valence-corrected chi connectivity index (χ3v) is 4.09. The predicted octanol–water partition coefficient (Wildman–Crippen LogP) is 2.73. The number of ether oxygens (including phenoxy) is 1. The van der Waals surface area contributed by atoms with E-state index in [4.69, 9.17) is 4.74 Å². The van der Waals surface area contributed by atoms with Crippen molar-refractivity contribution in [3.63, 3.8) is 0 Å². The van der Waals surface area contributed by atoms with Gasteiger partial charge in [-0.3, -0.25) is 5.10 Å². The number of nitrogens with one attached hydrogen (secondary N) is 2. The quantitative estimate of drug-likeness (QED) is 0.501. The van der Waals surface area contributed by atoms with Gasteiger partial charge in [-0.05, 0) is 37.3 Å². The number of aromatic nitrogens is 5. The molecule has 27 heavy (non-hydrogen) atoms. The Hall–Kier alpha value is -3.46. The summed E-state index contributed by atoms with van der Waals surface area (Å²) in [6.45, 7) is 1.89. The molecule has 8 nitrogen and oxygen atoms in total. The number of nitrogens with zero attached hydrogens (tertiary/aromatic N) is 4. The molecule has 0 amide bonds. The van der Waals surface area contributed by atoms with Crippen molar-refractivity contribution in [3.05, 3.63) is 65.5 Å². The SMILES string of the molecule is COc1ccc(F)cc1C(O)c1nc(Nc2cc(C)[nH]n2)c2cccn2n1. The average molecular weight is 368 g/mol. The summed E-state index contributed by atoms with van der Waals surface area (Å²) in [6, 6.07) is 9.39. The van der Waals surface area contributed by atoms with E-state index in [0.29, 0.717) is 22.9 Å². The summed E-state index contributed by atoms with van der Waals surface area (Å²) in [5, 5.41) is 25.2. The van der Waals surface area contributed by atoms with Gasteiger partial charge in [-0.1, -0.05) is 0 Å². The molecular weight excluding hydrogens is 351 g/mol. The fourth-order valence-corrected chi connectivity index (χ4v) is 2.82. The van der Waals surface area contributed by atoms with E-state index in [2.05, 4.69) is 25.6 Å². The van der Waals surface area contributed by atoms with E-state index in [-0.39, 0.29) is 11.4 Å². The maximum atomic E-state index is 13.7. The van der Waals surface area contributed by atoms with Crippen LogP contribution in [0.25, 0.3) is 5.52 Å². The van der Waals surface area contributed by atoms with E-state index in [1.807, 2.05) is 25.1 Å². The molecular formula is C18H17FN6O2. The monoisotopic (exact) mass is 368 g/mol. The van der Waals surface area contributed by atoms with Crippen LogP contribution in [0.1, 0.15) is 23.2 Å². The Labute approximate surface area is 153 Å². The fourth-order valence-electron chi connectivity index (χ4n) is 2.82. The number of anilines is 2. The highest BCUT2D eigenvalue weighted by Crippen LogP contribution is 2.30. The highest BCUT2D eigenvalue weighted by molar-refractivity contribution is 5.72. The van der Waals surface area contributed by atoms with Gasteiger partial charge in [0.05, 0.1) is 7.11 Å². The fraction of sp³-hybridized carbons (Fsp3) is 0.167. The number of benzene rings is 1. The number of hydrogen-bond acceptors (Lipinski definition) is 6. The number of aryl methyl sites for hydroxylation is 1. The third kappa shape index (κ3) is 3.20. The largest absolute Gasteiger partial charge is 0.496 e.